The van der Waals surface area contributed by atoms with E-state index in [1.165, 1.54) is 6.33 Å². The summed E-state index contributed by atoms with van der Waals surface area (Å²) in [4.78, 5) is 8.10. The van der Waals surface area contributed by atoms with Crippen molar-refractivity contribution in [2.45, 2.75) is 38.9 Å². The highest BCUT2D eigenvalue weighted by Crippen LogP contribution is 2.30. The fourth-order valence-corrected chi connectivity index (χ4v) is 1.83. The molecule has 0 aromatic carbocycles. The molecule has 1 fully saturated rings. The molecule has 5 nitrogen and oxygen atoms in total. The van der Waals surface area contributed by atoms with Gasteiger partial charge in [0.2, 0.25) is 11.8 Å². The van der Waals surface area contributed by atoms with Crippen molar-refractivity contribution in [3.05, 3.63) is 12.4 Å². The second kappa shape index (κ2) is 5.31. The van der Waals surface area contributed by atoms with Gasteiger partial charge in [-0.1, -0.05) is 0 Å². The number of hydrogen-bond acceptors (Lipinski definition) is 5. The van der Waals surface area contributed by atoms with E-state index in [1.807, 2.05) is 13.8 Å². The van der Waals surface area contributed by atoms with Crippen LogP contribution >= 0.6 is 0 Å². The zero-order valence-electron chi connectivity index (χ0n) is 10.3. The first-order chi connectivity index (χ1) is 8.17. The van der Waals surface area contributed by atoms with Crippen molar-refractivity contribution in [2.75, 3.05) is 6.54 Å². The molecule has 17 heavy (non-hydrogen) atoms. The number of hydrogen-bond donors (Lipinski definition) is 1. The largest absolute Gasteiger partial charge is 0.475 e. The molecule has 1 saturated carbocycles. The van der Waals surface area contributed by atoms with Crippen LogP contribution in [0.15, 0.2) is 12.4 Å². The smallest absolute Gasteiger partial charge is 0.220 e. The topological polar surface area (TPSA) is 70.3 Å². The fourth-order valence-electron chi connectivity index (χ4n) is 1.83. The Morgan fingerprint density at radius 1 is 1.35 bits per heavy atom. The van der Waals surface area contributed by atoms with E-state index < -0.39 is 0 Å². The minimum Gasteiger partial charge on any atom is -0.475 e. The second-order valence-electron chi connectivity index (χ2n) is 4.67. The summed E-state index contributed by atoms with van der Waals surface area (Å²) in [5, 5.41) is 0. The third-order valence-electron chi connectivity index (χ3n) is 2.79. The Hall–Kier alpha value is -1.36. The Morgan fingerprint density at radius 3 is 2.71 bits per heavy atom. The van der Waals surface area contributed by atoms with Gasteiger partial charge in [-0.2, -0.15) is 0 Å². The number of ether oxygens (including phenoxy) is 2. The van der Waals surface area contributed by atoms with Crippen LogP contribution in [0.25, 0.3) is 0 Å². The molecular formula is C12H19N3O2. The Kier molecular flexibility index (Phi) is 3.78. The van der Waals surface area contributed by atoms with Crippen LogP contribution < -0.4 is 15.2 Å². The molecule has 0 aliphatic heterocycles. The first-order valence-electron chi connectivity index (χ1n) is 6.02. The first kappa shape index (κ1) is 12.1. The van der Waals surface area contributed by atoms with Crippen molar-refractivity contribution < 1.29 is 9.47 Å². The molecule has 0 unspecified atom stereocenters. The maximum atomic E-state index is 5.72. The molecule has 5 heteroatoms. The Bertz CT molecular complexity index is 365. The normalized spacial score (nSPS) is 23.3. The molecule has 1 aliphatic rings. The Labute approximate surface area is 101 Å². The minimum atomic E-state index is 0.100. The van der Waals surface area contributed by atoms with Crippen LogP contribution in [0, 0.1) is 5.92 Å². The van der Waals surface area contributed by atoms with E-state index >= 15 is 0 Å². The SMILES string of the molecule is CC(C)Oc1cc(OC2CC(CN)C2)ncn1. The van der Waals surface area contributed by atoms with Gasteiger partial charge in [0, 0.05) is 0 Å². The molecule has 0 radical (unpaired) electrons. The molecule has 0 bridgehead atoms. The highest BCUT2D eigenvalue weighted by Gasteiger charge is 2.29. The lowest BCUT2D eigenvalue weighted by atomic mass is 9.82. The third kappa shape index (κ3) is 3.30. The number of aromatic nitrogens is 2. The summed E-state index contributed by atoms with van der Waals surface area (Å²) in [5.74, 6) is 1.74. The van der Waals surface area contributed by atoms with Gasteiger partial charge in [-0.25, -0.2) is 9.97 Å². The number of nitrogens with two attached hydrogens (primary N) is 1. The maximum absolute atomic E-state index is 5.72. The standard InChI is InChI=1S/C12H19N3O2/c1-8(2)16-11-5-12(15-7-14-11)17-10-3-9(4-10)6-13/h5,7-10H,3-4,6,13H2,1-2H3. The summed E-state index contributed by atoms with van der Waals surface area (Å²) < 4.78 is 11.2. The van der Waals surface area contributed by atoms with Crippen molar-refractivity contribution in [3.63, 3.8) is 0 Å². The molecule has 1 heterocycles. The molecule has 0 amide bonds. The fraction of sp³-hybridized carbons (Fsp3) is 0.667. The van der Waals surface area contributed by atoms with Gasteiger partial charge < -0.3 is 15.2 Å². The van der Waals surface area contributed by atoms with E-state index in [0.29, 0.717) is 17.7 Å². The van der Waals surface area contributed by atoms with E-state index in [4.69, 9.17) is 15.2 Å². The van der Waals surface area contributed by atoms with Crippen LogP contribution in [0.2, 0.25) is 0 Å². The quantitative estimate of drug-likeness (QED) is 0.837. The molecule has 2 rings (SSSR count). The zero-order valence-corrected chi connectivity index (χ0v) is 10.3. The van der Waals surface area contributed by atoms with Gasteiger partial charge in [0.15, 0.2) is 0 Å². The summed E-state index contributed by atoms with van der Waals surface area (Å²) in [7, 11) is 0. The van der Waals surface area contributed by atoms with Gasteiger partial charge in [-0.3, -0.25) is 0 Å². The molecule has 94 valence electrons. The van der Waals surface area contributed by atoms with Crippen molar-refractivity contribution in [3.8, 4) is 11.8 Å². The summed E-state index contributed by atoms with van der Waals surface area (Å²) in [6.07, 6.45) is 3.84. The van der Waals surface area contributed by atoms with E-state index in [1.54, 1.807) is 6.07 Å². The molecule has 1 aromatic heterocycles. The number of nitrogens with zero attached hydrogens (tertiary/aromatic N) is 2. The van der Waals surface area contributed by atoms with Gasteiger partial charge in [-0.15, -0.1) is 0 Å². The van der Waals surface area contributed by atoms with Gasteiger partial charge in [0.05, 0.1) is 12.2 Å². The van der Waals surface area contributed by atoms with Crippen molar-refractivity contribution in [1.29, 1.82) is 0 Å². The van der Waals surface area contributed by atoms with Crippen LogP contribution in [0.5, 0.6) is 11.8 Å². The molecular weight excluding hydrogens is 218 g/mol. The van der Waals surface area contributed by atoms with Gasteiger partial charge >= 0.3 is 0 Å². The highest BCUT2D eigenvalue weighted by molar-refractivity contribution is 5.18. The average Bonchev–Trinajstić information content (AvgIpc) is 2.22. The summed E-state index contributed by atoms with van der Waals surface area (Å²) in [5.41, 5.74) is 5.57. The van der Waals surface area contributed by atoms with Crippen LogP contribution in [-0.4, -0.2) is 28.7 Å². The van der Waals surface area contributed by atoms with Crippen LogP contribution in [0.1, 0.15) is 26.7 Å². The monoisotopic (exact) mass is 237 g/mol. The molecule has 1 aliphatic carbocycles. The zero-order chi connectivity index (χ0) is 12.3. The molecule has 2 N–H and O–H groups in total. The lowest BCUT2D eigenvalue weighted by Crippen LogP contribution is -2.37. The van der Waals surface area contributed by atoms with Crippen molar-refractivity contribution in [2.24, 2.45) is 11.7 Å². The lowest BCUT2D eigenvalue weighted by Gasteiger charge is -2.34. The Balaban J connectivity index is 1.88. The molecule has 0 spiro atoms. The predicted molar refractivity (Wildman–Crippen MR) is 64.0 cm³/mol. The van der Waals surface area contributed by atoms with Crippen molar-refractivity contribution in [1.82, 2.24) is 9.97 Å². The molecule has 0 saturated heterocycles. The first-order valence-corrected chi connectivity index (χ1v) is 6.02. The number of rotatable bonds is 5. The van der Waals surface area contributed by atoms with E-state index in [9.17, 15) is 0 Å². The van der Waals surface area contributed by atoms with Gasteiger partial charge in [0.1, 0.15) is 12.4 Å². The minimum absolute atomic E-state index is 0.100. The summed E-state index contributed by atoms with van der Waals surface area (Å²) >= 11 is 0. The van der Waals surface area contributed by atoms with E-state index in [2.05, 4.69) is 9.97 Å². The second-order valence-corrected chi connectivity index (χ2v) is 4.67. The third-order valence-corrected chi connectivity index (χ3v) is 2.79. The summed E-state index contributed by atoms with van der Waals surface area (Å²) in [6.45, 7) is 4.66. The average molecular weight is 237 g/mol. The van der Waals surface area contributed by atoms with Crippen LogP contribution in [-0.2, 0) is 0 Å². The molecule has 0 atom stereocenters. The predicted octanol–water partition coefficient (Wildman–Crippen LogP) is 1.38. The van der Waals surface area contributed by atoms with Gasteiger partial charge in [0.25, 0.3) is 0 Å². The summed E-state index contributed by atoms with van der Waals surface area (Å²) in [6, 6.07) is 1.73. The van der Waals surface area contributed by atoms with Crippen molar-refractivity contribution >= 4 is 0 Å². The molecule has 1 aromatic rings. The lowest BCUT2D eigenvalue weighted by molar-refractivity contribution is 0.0642. The van der Waals surface area contributed by atoms with Crippen LogP contribution in [0.3, 0.4) is 0 Å². The Morgan fingerprint density at radius 2 is 2.06 bits per heavy atom. The highest BCUT2D eigenvalue weighted by atomic mass is 16.5. The van der Waals surface area contributed by atoms with Gasteiger partial charge in [-0.05, 0) is 39.2 Å². The maximum Gasteiger partial charge on any atom is 0.220 e. The van der Waals surface area contributed by atoms with E-state index in [0.717, 1.165) is 19.4 Å². The van der Waals surface area contributed by atoms with Crippen LogP contribution in [0.4, 0.5) is 0 Å². The van der Waals surface area contributed by atoms with E-state index in [-0.39, 0.29) is 12.2 Å².